The van der Waals surface area contributed by atoms with Crippen molar-refractivity contribution in [3.63, 3.8) is 0 Å². The van der Waals surface area contributed by atoms with E-state index in [0.29, 0.717) is 18.6 Å². The summed E-state index contributed by atoms with van der Waals surface area (Å²) in [7, 11) is 0. The third kappa shape index (κ3) is 3.38. The van der Waals surface area contributed by atoms with Gasteiger partial charge in [-0.15, -0.1) is 0 Å². The van der Waals surface area contributed by atoms with Crippen molar-refractivity contribution in [2.24, 2.45) is 0 Å². The number of hydrogen-bond acceptors (Lipinski definition) is 4. The number of ether oxygens (including phenoxy) is 1. The third-order valence-electron chi connectivity index (χ3n) is 2.07. The van der Waals surface area contributed by atoms with Crippen molar-refractivity contribution in [3.05, 3.63) is 12.2 Å². The van der Waals surface area contributed by atoms with Crippen LogP contribution in [-0.4, -0.2) is 37.0 Å². The number of cyclic esters (lactones) is 1. The van der Waals surface area contributed by atoms with Crippen LogP contribution < -0.4 is 10.6 Å². The van der Waals surface area contributed by atoms with Crippen molar-refractivity contribution < 1.29 is 19.1 Å². The van der Waals surface area contributed by atoms with E-state index in [-0.39, 0.29) is 12.5 Å². The lowest BCUT2D eigenvalue weighted by molar-refractivity contribution is -0.141. The monoisotopic (exact) mass is 226 g/mol. The maximum Gasteiger partial charge on any atom is 0.328 e. The van der Waals surface area contributed by atoms with Crippen LogP contribution in [0.15, 0.2) is 12.2 Å². The van der Waals surface area contributed by atoms with E-state index in [2.05, 4.69) is 21.9 Å². The molecule has 6 nitrogen and oxygen atoms in total. The Morgan fingerprint density at radius 3 is 2.75 bits per heavy atom. The summed E-state index contributed by atoms with van der Waals surface area (Å²) in [6.45, 7) is 5.12. The van der Waals surface area contributed by atoms with Gasteiger partial charge in [0.25, 0.3) is 0 Å². The second kappa shape index (κ2) is 5.29. The Morgan fingerprint density at radius 2 is 2.25 bits per heavy atom. The Labute approximate surface area is 93.0 Å². The first-order valence-corrected chi connectivity index (χ1v) is 4.90. The van der Waals surface area contributed by atoms with Crippen LogP contribution in [0.2, 0.25) is 0 Å². The summed E-state index contributed by atoms with van der Waals surface area (Å²) >= 11 is 0. The summed E-state index contributed by atoms with van der Waals surface area (Å²) in [6.07, 6.45) is 0.471. The number of carbonyl (C=O) groups is 3. The minimum Gasteiger partial charge on any atom is -0.464 e. The van der Waals surface area contributed by atoms with E-state index in [4.69, 9.17) is 0 Å². The lowest BCUT2D eigenvalue weighted by Crippen LogP contribution is -2.43. The Hall–Kier alpha value is -1.85. The van der Waals surface area contributed by atoms with Gasteiger partial charge in [0.05, 0.1) is 13.2 Å². The molecule has 0 aromatic heterocycles. The fourth-order valence-corrected chi connectivity index (χ4v) is 1.18. The summed E-state index contributed by atoms with van der Waals surface area (Å²) < 4.78 is 4.68. The molecule has 6 heteroatoms. The molecular formula is C10H14N2O4. The van der Waals surface area contributed by atoms with Gasteiger partial charge in [-0.1, -0.05) is 6.58 Å². The molecule has 88 valence electrons. The lowest BCUT2D eigenvalue weighted by atomic mass is 10.2. The molecule has 0 aliphatic carbocycles. The molecule has 1 rings (SSSR count). The van der Waals surface area contributed by atoms with Gasteiger partial charge in [-0.3, -0.25) is 9.59 Å². The Morgan fingerprint density at radius 1 is 1.56 bits per heavy atom. The molecule has 0 spiro atoms. The summed E-state index contributed by atoms with van der Waals surface area (Å²) in [5.41, 5.74) is 0.327. The molecule has 2 amide bonds. The standard InChI is InChI=1S/C10H14N2O4/c1-6(2)9(14)11-5-8(13)12-7-3-4-16-10(7)15/h7H,1,3-5H2,2H3,(H,11,14)(H,12,13). The topological polar surface area (TPSA) is 84.5 Å². The van der Waals surface area contributed by atoms with Gasteiger partial charge in [0, 0.05) is 12.0 Å². The molecule has 1 aliphatic heterocycles. The van der Waals surface area contributed by atoms with Gasteiger partial charge in [0.1, 0.15) is 6.04 Å². The highest BCUT2D eigenvalue weighted by Crippen LogP contribution is 2.04. The zero-order chi connectivity index (χ0) is 12.1. The molecule has 0 saturated carbocycles. The molecule has 1 saturated heterocycles. The highest BCUT2D eigenvalue weighted by atomic mass is 16.5. The number of nitrogens with one attached hydrogen (secondary N) is 2. The van der Waals surface area contributed by atoms with Gasteiger partial charge in [-0.05, 0) is 6.92 Å². The number of carbonyl (C=O) groups excluding carboxylic acids is 3. The van der Waals surface area contributed by atoms with Crippen LogP contribution in [0.25, 0.3) is 0 Å². The van der Waals surface area contributed by atoms with Crippen molar-refractivity contribution in [1.82, 2.24) is 10.6 Å². The van der Waals surface area contributed by atoms with E-state index in [1.54, 1.807) is 6.92 Å². The van der Waals surface area contributed by atoms with Crippen LogP contribution in [-0.2, 0) is 19.1 Å². The lowest BCUT2D eigenvalue weighted by Gasteiger charge is -2.09. The second-order valence-electron chi connectivity index (χ2n) is 3.54. The summed E-state index contributed by atoms with van der Waals surface area (Å²) in [6, 6.07) is -0.589. The fourth-order valence-electron chi connectivity index (χ4n) is 1.18. The van der Waals surface area contributed by atoms with Crippen molar-refractivity contribution in [2.45, 2.75) is 19.4 Å². The molecule has 1 atom stereocenters. The molecule has 1 aliphatic rings. The van der Waals surface area contributed by atoms with Crippen LogP contribution in [0.4, 0.5) is 0 Å². The number of rotatable bonds is 4. The van der Waals surface area contributed by atoms with Crippen molar-refractivity contribution in [2.75, 3.05) is 13.2 Å². The highest BCUT2D eigenvalue weighted by molar-refractivity contribution is 5.95. The third-order valence-corrected chi connectivity index (χ3v) is 2.07. The summed E-state index contributed by atoms with van der Waals surface area (Å²) in [4.78, 5) is 33.4. The highest BCUT2D eigenvalue weighted by Gasteiger charge is 2.27. The molecule has 16 heavy (non-hydrogen) atoms. The molecule has 0 aromatic carbocycles. The van der Waals surface area contributed by atoms with Crippen LogP contribution >= 0.6 is 0 Å². The maximum absolute atomic E-state index is 11.3. The Kier molecular flexibility index (Phi) is 4.04. The van der Waals surface area contributed by atoms with Gasteiger partial charge in [-0.2, -0.15) is 0 Å². The summed E-state index contributed by atoms with van der Waals surface area (Å²) in [5.74, 6) is -1.23. The van der Waals surface area contributed by atoms with Gasteiger partial charge in [0.15, 0.2) is 0 Å². The quantitative estimate of drug-likeness (QED) is 0.481. The van der Waals surface area contributed by atoms with E-state index in [9.17, 15) is 14.4 Å². The van der Waals surface area contributed by atoms with E-state index in [0.717, 1.165) is 0 Å². The average Bonchev–Trinajstić information content (AvgIpc) is 2.60. The molecule has 1 heterocycles. The maximum atomic E-state index is 11.3. The van der Waals surface area contributed by atoms with Gasteiger partial charge in [-0.25, -0.2) is 4.79 Å². The van der Waals surface area contributed by atoms with Crippen LogP contribution in [0.1, 0.15) is 13.3 Å². The number of esters is 1. The smallest absolute Gasteiger partial charge is 0.328 e. The second-order valence-corrected chi connectivity index (χ2v) is 3.54. The van der Waals surface area contributed by atoms with E-state index < -0.39 is 17.9 Å². The Balaban J connectivity index is 2.28. The zero-order valence-electron chi connectivity index (χ0n) is 9.04. The van der Waals surface area contributed by atoms with Gasteiger partial charge < -0.3 is 15.4 Å². The molecular weight excluding hydrogens is 212 g/mol. The van der Waals surface area contributed by atoms with Crippen molar-refractivity contribution >= 4 is 17.8 Å². The largest absolute Gasteiger partial charge is 0.464 e. The van der Waals surface area contributed by atoms with Gasteiger partial charge in [0.2, 0.25) is 11.8 Å². The first-order chi connectivity index (χ1) is 7.50. The molecule has 2 N–H and O–H groups in total. The fraction of sp³-hybridized carbons (Fsp3) is 0.500. The molecule has 1 fully saturated rings. The van der Waals surface area contributed by atoms with Crippen molar-refractivity contribution in [1.29, 1.82) is 0 Å². The first-order valence-electron chi connectivity index (χ1n) is 4.90. The average molecular weight is 226 g/mol. The van der Waals surface area contributed by atoms with Crippen LogP contribution in [0.3, 0.4) is 0 Å². The van der Waals surface area contributed by atoms with Crippen molar-refractivity contribution in [3.8, 4) is 0 Å². The number of amides is 2. The minimum absolute atomic E-state index is 0.171. The Bertz CT molecular complexity index is 338. The van der Waals surface area contributed by atoms with Gasteiger partial charge >= 0.3 is 5.97 Å². The molecule has 0 radical (unpaired) electrons. The predicted molar refractivity (Wildman–Crippen MR) is 55.3 cm³/mol. The van der Waals surface area contributed by atoms with Crippen LogP contribution in [0, 0.1) is 0 Å². The summed E-state index contributed by atoms with van der Waals surface area (Å²) in [5, 5.41) is 4.83. The van der Waals surface area contributed by atoms with E-state index in [1.807, 2.05) is 0 Å². The normalized spacial score (nSPS) is 18.8. The van der Waals surface area contributed by atoms with E-state index in [1.165, 1.54) is 0 Å². The zero-order valence-corrected chi connectivity index (χ0v) is 9.04. The SMILES string of the molecule is C=C(C)C(=O)NCC(=O)NC1CCOC1=O. The first kappa shape index (κ1) is 12.2. The predicted octanol–water partition coefficient (Wildman–Crippen LogP) is -0.890. The van der Waals surface area contributed by atoms with E-state index >= 15 is 0 Å². The number of hydrogen-bond donors (Lipinski definition) is 2. The molecule has 0 aromatic rings. The molecule has 0 bridgehead atoms. The molecule has 1 unspecified atom stereocenters. The van der Waals surface area contributed by atoms with Crippen LogP contribution in [0.5, 0.6) is 0 Å². The minimum atomic E-state index is -0.589.